The monoisotopic (exact) mass is 194 g/mol. The highest BCUT2D eigenvalue weighted by Gasteiger charge is 2.01. The average molecular weight is 194 g/mol. The Balaban J connectivity index is 2.90. The van der Waals surface area contributed by atoms with Crippen molar-refractivity contribution in [1.29, 1.82) is 5.26 Å². The largest absolute Gasteiger partial charge is 0.238 e. The predicted octanol–water partition coefficient (Wildman–Crippen LogP) is 1.19. The van der Waals surface area contributed by atoms with Gasteiger partial charge >= 0.3 is 0 Å². The lowest BCUT2D eigenvalue weighted by Gasteiger charge is -2.01. The van der Waals surface area contributed by atoms with Crippen LogP contribution in [0.1, 0.15) is 12.5 Å². The zero-order valence-electron chi connectivity index (χ0n) is 7.28. The van der Waals surface area contributed by atoms with E-state index in [1.807, 2.05) is 13.0 Å². The van der Waals surface area contributed by atoms with Crippen molar-refractivity contribution < 1.29 is 4.21 Å². The minimum absolute atomic E-state index is 0.531. The molecule has 1 rings (SSSR count). The molecule has 1 atom stereocenters. The summed E-state index contributed by atoms with van der Waals surface area (Å²) in [4.78, 5) is 0.640. The molecule has 13 heavy (non-hydrogen) atoms. The molecule has 1 unspecified atom stereocenters. The van der Waals surface area contributed by atoms with Gasteiger partial charge in [0.1, 0.15) is 11.0 Å². The number of hydrogen-bond acceptors (Lipinski definition) is 2. The molecule has 0 radical (unpaired) electrons. The molecule has 0 saturated heterocycles. The van der Waals surface area contributed by atoms with Gasteiger partial charge in [-0.05, 0) is 18.2 Å². The van der Waals surface area contributed by atoms with Gasteiger partial charge in [0.25, 0.3) is 0 Å². The maximum absolute atomic E-state index is 11.4. The van der Waals surface area contributed by atoms with Crippen molar-refractivity contribution in [3.05, 3.63) is 29.8 Å². The first kappa shape index (κ1) is 9.90. The molecule has 1 aromatic carbocycles. The van der Waals surface area contributed by atoms with E-state index in [1.165, 1.54) is 0 Å². The molecule has 4 heteroatoms. The summed E-state index contributed by atoms with van der Waals surface area (Å²) in [7, 11) is -1.20. The first-order valence-electron chi connectivity index (χ1n) is 3.93. The second-order valence-electron chi connectivity index (χ2n) is 2.41. The van der Waals surface area contributed by atoms with Gasteiger partial charge in [0.2, 0.25) is 0 Å². The Labute approximate surface area is 80.0 Å². The fraction of sp³-hybridized carbons (Fsp3) is 0.222. The van der Waals surface area contributed by atoms with E-state index in [0.717, 1.165) is 0 Å². The van der Waals surface area contributed by atoms with E-state index in [9.17, 15) is 4.21 Å². The molecular formula is C9H10N2OS. The van der Waals surface area contributed by atoms with Crippen LogP contribution < -0.4 is 4.72 Å². The van der Waals surface area contributed by atoms with Crippen LogP contribution in [-0.4, -0.2) is 10.8 Å². The molecule has 3 nitrogen and oxygen atoms in total. The minimum atomic E-state index is -1.20. The third kappa shape index (κ3) is 2.65. The van der Waals surface area contributed by atoms with Gasteiger partial charge < -0.3 is 0 Å². The molecule has 0 heterocycles. The molecule has 0 amide bonds. The minimum Gasteiger partial charge on any atom is -0.238 e. The molecule has 0 saturated carbocycles. The fourth-order valence-electron chi connectivity index (χ4n) is 0.895. The Morgan fingerprint density at radius 2 is 2.38 bits per heavy atom. The summed E-state index contributed by atoms with van der Waals surface area (Å²) in [5.41, 5.74) is 0.531. The van der Waals surface area contributed by atoms with E-state index in [-0.39, 0.29) is 0 Å². The maximum atomic E-state index is 11.4. The molecule has 0 aliphatic carbocycles. The highest BCUT2D eigenvalue weighted by molar-refractivity contribution is 7.83. The van der Waals surface area contributed by atoms with E-state index in [4.69, 9.17) is 5.26 Å². The van der Waals surface area contributed by atoms with Gasteiger partial charge in [-0.25, -0.2) is 8.93 Å². The van der Waals surface area contributed by atoms with Gasteiger partial charge in [-0.1, -0.05) is 13.0 Å². The predicted molar refractivity (Wildman–Crippen MR) is 51.2 cm³/mol. The molecule has 68 valence electrons. The molecule has 0 aliphatic heterocycles. The molecule has 0 bridgehead atoms. The molecule has 0 aromatic heterocycles. The van der Waals surface area contributed by atoms with Gasteiger partial charge in [-0.15, -0.1) is 0 Å². The van der Waals surface area contributed by atoms with Gasteiger partial charge in [0, 0.05) is 6.54 Å². The van der Waals surface area contributed by atoms with E-state index in [2.05, 4.69) is 4.72 Å². The summed E-state index contributed by atoms with van der Waals surface area (Å²) < 4.78 is 14.2. The van der Waals surface area contributed by atoms with Crippen LogP contribution in [0.3, 0.4) is 0 Å². The smallest absolute Gasteiger partial charge is 0.124 e. The van der Waals surface area contributed by atoms with Gasteiger partial charge in [0.15, 0.2) is 0 Å². The lowest BCUT2D eigenvalue weighted by atomic mass is 10.2. The van der Waals surface area contributed by atoms with E-state index in [0.29, 0.717) is 17.0 Å². The third-order valence-corrected chi connectivity index (χ3v) is 2.69. The number of nitrogens with one attached hydrogen (secondary N) is 1. The first-order valence-corrected chi connectivity index (χ1v) is 5.08. The number of benzene rings is 1. The summed E-state index contributed by atoms with van der Waals surface area (Å²) >= 11 is 0. The number of nitriles is 1. The first-order chi connectivity index (χ1) is 6.27. The van der Waals surface area contributed by atoms with Crippen LogP contribution in [0, 0.1) is 11.3 Å². The SMILES string of the molecule is CCNS(=O)c1cccc(C#N)c1. The van der Waals surface area contributed by atoms with E-state index in [1.54, 1.807) is 24.3 Å². The molecular weight excluding hydrogens is 184 g/mol. The number of nitrogens with zero attached hydrogens (tertiary/aromatic N) is 1. The van der Waals surface area contributed by atoms with Gasteiger partial charge in [0.05, 0.1) is 16.5 Å². The molecule has 0 aliphatic rings. The van der Waals surface area contributed by atoms with Crippen LogP contribution in [0.4, 0.5) is 0 Å². The highest BCUT2D eigenvalue weighted by atomic mass is 32.2. The standard InChI is InChI=1S/C9H10N2OS/c1-2-11-13(12)9-5-3-4-8(6-9)7-10/h3-6,11H,2H2,1H3. The second-order valence-corrected chi connectivity index (χ2v) is 3.70. The third-order valence-electron chi connectivity index (χ3n) is 1.45. The Morgan fingerprint density at radius 3 is 3.00 bits per heavy atom. The Hall–Kier alpha value is -1.18. The van der Waals surface area contributed by atoms with E-state index < -0.39 is 11.0 Å². The number of rotatable bonds is 3. The lowest BCUT2D eigenvalue weighted by molar-refractivity contribution is 0.674. The second kappa shape index (κ2) is 4.75. The quantitative estimate of drug-likeness (QED) is 0.785. The van der Waals surface area contributed by atoms with Gasteiger partial charge in [-0.3, -0.25) is 0 Å². The Kier molecular flexibility index (Phi) is 3.62. The zero-order valence-corrected chi connectivity index (χ0v) is 8.10. The normalized spacial score (nSPS) is 12.0. The van der Waals surface area contributed by atoms with Crippen LogP contribution in [0.5, 0.6) is 0 Å². The van der Waals surface area contributed by atoms with Gasteiger partial charge in [-0.2, -0.15) is 5.26 Å². The van der Waals surface area contributed by atoms with Crippen LogP contribution in [0.15, 0.2) is 29.2 Å². The summed E-state index contributed by atoms with van der Waals surface area (Å²) in [5.74, 6) is 0. The molecule has 0 spiro atoms. The van der Waals surface area contributed by atoms with Crippen molar-refractivity contribution in [2.24, 2.45) is 0 Å². The van der Waals surface area contributed by atoms with E-state index >= 15 is 0 Å². The Morgan fingerprint density at radius 1 is 1.62 bits per heavy atom. The molecule has 1 aromatic rings. The Bertz CT molecular complexity index is 357. The van der Waals surface area contributed by atoms with Crippen molar-refractivity contribution in [2.75, 3.05) is 6.54 Å². The summed E-state index contributed by atoms with van der Waals surface area (Å²) in [6.45, 7) is 2.52. The van der Waals surface area contributed by atoms with Crippen molar-refractivity contribution in [3.63, 3.8) is 0 Å². The van der Waals surface area contributed by atoms with Crippen LogP contribution in [0.2, 0.25) is 0 Å². The van der Waals surface area contributed by atoms with Crippen molar-refractivity contribution in [1.82, 2.24) is 4.72 Å². The molecule has 1 N–H and O–H groups in total. The topological polar surface area (TPSA) is 52.9 Å². The zero-order chi connectivity index (χ0) is 9.68. The number of hydrogen-bond donors (Lipinski definition) is 1. The molecule has 0 fully saturated rings. The summed E-state index contributed by atoms with van der Waals surface area (Å²) in [6, 6.07) is 8.77. The van der Waals surface area contributed by atoms with Crippen LogP contribution >= 0.6 is 0 Å². The summed E-state index contributed by atoms with van der Waals surface area (Å²) in [5, 5.41) is 8.60. The van der Waals surface area contributed by atoms with Crippen molar-refractivity contribution >= 4 is 11.0 Å². The summed E-state index contributed by atoms with van der Waals surface area (Å²) in [6.07, 6.45) is 0. The lowest BCUT2D eigenvalue weighted by Crippen LogP contribution is -2.16. The maximum Gasteiger partial charge on any atom is 0.124 e. The van der Waals surface area contributed by atoms with Crippen LogP contribution in [0.25, 0.3) is 0 Å². The van der Waals surface area contributed by atoms with Crippen LogP contribution in [-0.2, 0) is 11.0 Å². The average Bonchev–Trinajstić information content (AvgIpc) is 2.18. The van der Waals surface area contributed by atoms with Crippen molar-refractivity contribution in [2.45, 2.75) is 11.8 Å². The highest BCUT2D eigenvalue weighted by Crippen LogP contribution is 2.07. The fourth-order valence-corrected chi connectivity index (χ4v) is 1.76. The van der Waals surface area contributed by atoms with Crippen molar-refractivity contribution in [3.8, 4) is 6.07 Å².